The van der Waals surface area contributed by atoms with Gasteiger partial charge >= 0.3 is 19.8 Å². The van der Waals surface area contributed by atoms with Crippen LogP contribution in [0.2, 0.25) is 0 Å². The highest BCUT2D eigenvalue weighted by atomic mass is 31.2. The second-order valence-electron chi connectivity index (χ2n) is 14.2. The molecule has 12 heteroatoms. The maximum Gasteiger partial charge on any atom is 0.472 e. The van der Waals surface area contributed by atoms with Gasteiger partial charge in [-0.25, -0.2) is 9.36 Å². The number of hydrogen-bond donors (Lipinski definition) is 4. The van der Waals surface area contributed by atoms with E-state index in [-0.39, 0.29) is 12.8 Å². The molecule has 0 saturated heterocycles. The van der Waals surface area contributed by atoms with Crippen molar-refractivity contribution in [2.24, 2.45) is 0 Å². The summed E-state index contributed by atoms with van der Waals surface area (Å²) in [5.41, 5.74) is 0. The van der Waals surface area contributed by atoms with E-state index in [1.54, 1.807) is 0 Å². The summed E-state index contributed by atoms with van der Waals surface area (Å²) in [5, 5.41) is 21.8. The zero-order valence-corrected chi connectivity index (χ0v) is 34.2. The number of esters is 1. The highest BCUT2D eigenvalue weighted by Gasteiger charge is 2.28. The van der Waals surface area contributed by atoms with Gasteiger partial charge in [-0.1, -0.05) is 154 Å². The van der Waals surface area contributed by atoms with Gasteiger partial charge in [0.15, 0.2) is 6.04 Å². The average Bonchev–Trinajstić information content (AvgIpc) is 3.13. The van der Waals surface area contributed by atoms with Crippen LogP contribution in [-0.2, 0) is 32.7 Å². The number of ether oxygens (including phenoxy) is 1. The fraction of sp³-hybridized carbons (Fsp3) is 0.829. The highest BCUT2D eigenvalue weighted by molar-refractivity contribution is 7.47. The fourth-order valence-corrected chi connectivity index (χ4v) is 6.47. The van der Waals surface area contributed by atoms with E-state index in [0.29, 0.717) is 12.8 Å². The second-order valence-corrected chi connectivity index (χ2v) is 15.6. The molecular weight excluding hydrogens is 697 g/mol. The third kappa shape index (κ3) is 36.7. The van der Waals surface area contributed by atoms with Gasteiger partial charge in [-0.15, -0.1) is 0 Å². The number of allylic oxidation sites excluding steroid dienone is 4. The highest BCUT2D eigenvalue weighted by Crippen LogP contribution is 2.43. The molecule has 53 heavy (non-hydrogen) atoms. The Balaban J connectivity index is 3.90. The van der Waals surface area contributed by atoms with Gasteiger partial charge in [-0.2, -0.15) is 0 Å². The fourth-order valence-electron chi connectivity index (χ4n) is 5.70. The number of carboxylic acids is 1. The van der Waals surface area contributed by atoms with Gasteiger partial charge < -0.3 is 25.2 Å². The largest absolute Gasteiger partial charge is 0.480 e. The molecule has 11 nitrogen and oxygen atoms in total. The number of aliphatic carboxylic acids is 1. The maximum absolute atomic E-state index is 12.2. The second kappa shape index (κ2) is 36.9. The average molecular weight is 774 g/mol. The topological polar surface area (TPSA) is 169 Å². The molecule has 0 saturated carbocycles. The van der Waals surface area contributed by atoms with Crippen molar-refractivity contribution in [3.63, 3.8) is 0 Å². The van der Waals surface area contributed by atoms with Crippen LogP contribution in [0.5, 0.6) is 0 Å². The SMILES string of the molecule is CCCCCC/C=C\C/C=C\CCCCCCCCCC(=O)OCC(O)COP(=O)(O)OCC(NC(=O)CCCCCCCCCCCCC)C(=O)O. The zero-order valence-electron chi connectivity index (χ0n) is 33.3. The third-order valence-electron chi connectivity index (χ3n) is 8.99. The Morgan fingerprint density at radius 1 is 0.604 bits per heavy atom. The number of carbonyl (C=O) groups is 3. The van der Waals surface area contributed by atoms with E-state index in [2.05, 4.69) is 43.5 Å². The van der Waals surface area contributed by atoms with Gasteiger partial charge in [0.25, 0.3) is 0 Å². The lowest BCUT2D eigenvalue weighted by molar-refractivity contribution is -0.147. The number of amides is 1. The number of hydrogen-bond acceptors (Lipinski definition) is 8. The molecule has 0 spiro atoms. The molecule has 0 aliphatic rings. The lowest BCUT2D eigenvalue weighted by atomic mass is 10.1. The minimum atomic E-state index is -4.75. The van der Waals surface area contributed by atoms with Crippen LogP contribution in [0.3, 0.4) is 0 Å². The van der Waals surface area contributed by atoms with E-state index in [1.165, 1.54) is 96.3 Å². The van der Waals surface area contributed by atoms with Gasteiger partial charge in [0, 0.05) is 12.8 Å². The van der Waals surface area contributed by atoms with Crippen LogP contribution >= 0.6 is 7.82 Å². The number of nitrogens with one attached hydrogen (secondary N) is 1. The van der Waals surface area contributed by atoms with Gasteiger partial charge in [0.05, 0.1) is 13.2 Å². The van der Waals surface area contributed by atoms with E-state index in [9.17, 15) is 34.1 Å². The van der Waals surface area contributed by atoms with Crippen LogP contribution in [0.15, 0.2) is 24.3 Å². The molecule has 310 valence electrons. The Labute approximate surface area is 321 Å². The molecule has 4 N–H and O–H groups in total. The first-order chi connectivity index (χ1) is 25.6. The van der Waals surface area contributed by atoms with Crippen molar-refractivity contribution in [3.05, 3.63) is 24.3 Å². The number of aliphatic hydroxyl groups is 1. The predicted octanol–water partition coefficient (Wildman–Crippen LogP) is 10.3. The molecule has 0 aromatic rings. The van der Waals surface area contributed by atoms with Crippen LogP contribution in [0.4, 0.5) is 0 Å². The lowest BCUT2D eigenvalue weighted by Gasteiger charge is -2.18. The van der Waals surface area contributed by atoms with Crippen LogP contribution in [0.25, 0.3) is 0 Å². The summed E-state index contributed by atoms with van der Waals surface area (Å²) in [5.74, 6) is -2.38. The van der Waals surface area contributed by atoms with Crippen molar-refractivity contribution in [2.45, 2.75) is 199 Å². The summed E-state index contributed by atoms with van der Waals surface area (Å²) in [4.78, 5) is 45.7. The van der Waals surface area contributed by atoms with E-state index >= 15 is 0 Å². The van der Waals surface area contributed by atoms with E-state index < -0.39 is 57.6 Å². The van der Waals surface area contributed by atoms with Crippen molar-refractivity contribution in [3.8, 4) is 0 Å². The van der Waals surface area contributed by atoms with E-state index in [4.69, 9.17) is 13.8 Å². The van der Waals surface area contributed by atoms with Gasteiger partial charge in [0.1, 0.15) is 12.7 Å². The Bertz CT molecular complexity index is 1010. The van der Waals surface area contributed by atoms with Gasteiger partial charge in [-0.05, 0) is 44.9 Å². The van der Waals surface area contributed by atoms with Crippen molar-refractivity contribution in [1.82, 2.24) is 5.32 Å². The Morgan fingerprint density at radius 3 is 1.55 bits per heavy atom. The number of aliphatic hydroxyl groups excluding tert-OH is 1. The Kier molecular flexibility index (Phi) is 35.5. The number of rotatable bonds is 39. The van der Waals surface area contributed by atoms with Crippen molar-refractivity contribution < 1.29 is 47.8 Å². The molecule has 0 aromatic heterocycles. The van der Waals surface area contributed by atoms with Crippen molar-refractivity contribution in [2.75, 3.05) is 19.8 Å². The van der Waals surface area contributed by atoms with E-state index in [1.807, 2.05) is 0 Å². The van der Waals surface area contributed by atoms with Crippen LogP contribution in [0.1, 0.15) is 187 Å². The molecule has 0 bridgehead atoms. The van der Waals surface area contributed by atoms with E-state index in [0.717, 1.165) is 51.4 Å². The Morgan fingerprint density at radius 2 is 1.04 bits per heavy atom. The first-order valence-corrected chi connectivity index (χ1v) is 22.4. The zero-order chi connectivity index (χ0) is 39.3. The normalized spacial score (nSPS) is 14.0. The van der Waals surface area contributed by atoms with Crippen LogP contribution in [0, 0.1) is 0 Å². The third-order valence-corrected chi connectivity index (χ3v) is 9.94. The number of carboxylic acid groups (broad SMARTS) is 1. The molecular formula is C41H76NO10P. The maximum atomic E-state index is 12.2. The van der Waals surface area contributed by atoms with Crippen molar-refractivity contribution in [1.29, 1.82) is 0 Å². The minimum absolute atomic E-state index is 0.148. The van der Waals surface area contributed by atoms with Crippen LogP contribution < -0.4 is 5.32 Å². The molecule has 0 heterocycles. The quantitative estimate of drug-likeness (QED) is 0.0204. The Hall–Kier alpha value is -2.04. The molecule has 0 radical (unpaired) electrons. The first-order valence-electron chi connectivity index (χ1n) is 20.9. The summed E-state index contributed by atoms with van der Waals surface area (Å²) < 4.78 is 26.8. The number of unbranched alkanes of at least 4 members (excludes halogenated alkanes) is 21. The van der Waals surface area contributed by atoms with Crippen molar-refractivity contribution >= 4 is 25.7 Å². The number of phosphoric ester groups is 1. The first kappa shape index (κ1) is 51.0. The summed E-state index contributed by atoms with van der Waals surface area (Å²) in [6.07, 6.45) is 36.3. The molecule has 0 fully saturated rings. The lowest BCUT2D eigenvalue weighted by Crippen LogP contribution is -2.43. The minimum Gasteiger partial charge on any atom is -0.480 e. The molecule has 1 amide bonds. The van der Waals surface area contributed by atoms with Crippen LogP contribution in [-0.4, -0.2) is 64.9 Å². The molecule has 3 unspecified atom stereocenters. The number of carbonyl (C=O) groups excluding carboxylic acids is 2. The summed E-state index contributed by atoms with van der Waals surface area (Å²) in [6, 6.07) is -1.54. The molecule has 0 aromatic carbocycles. The molecule has 0 aliphatic carbocycles. The molecule has 0 aliphatic heterocycles. The smallest absolute Gasteiger partial charge is 0.472 e. The summed E-state index contributed by atoms with van der Waals surface area (Å²) in [6.45, 7) is 2.55. The molecule has 0 rings (SSSR count). The standard InChI is InChI=1S/C41H76NO10P/c1-3-5-7-9-11-13-15-16-17-18-19-20-21-23-25-27-29-31-33-40(45)50-34-37(43)35-51-53(48,49)52-36-38(41(46)47)42-39(44)32-30-28-26-24-22-14-12-10-8-6-4-2/h13,15,17-18,37-38,43H,3-12,14,16,19-36H2,1-2H3,(H,42,44)(H,46,47)(H,48,49)/b15-13-,18-17-. The molecule has 3 atom stereocenters. The predicted molar refractivity (Wildman–Crippen MR) is 213 cm³/mol. The van der Waals surface area contributed by atoms with Gasteiger partial charge in [0.2, 0.25) is 5.91 Å². The number of phosphoric acid groups is 1. The summed E-state index contributed by atoms with van der Waals surface area (Å²) in [7, 11) is -4.75. The summed E-state index contributed by atoms with van der Waals surface area (Å²) >= 11 is 0. The van der Waals surface area contributed by atoms with Gasteiger partial charge in [-0.3, -0.25) is 18.6 Å². The monoisotopic (exact) mass is 774 g/mol.